The first-order valence-electron chi connectivity index (χ1n) is 18.0. The van der Waals surface area contributed by atoms with Gasteiger partial charge < -0.3 is 30.2 Å². The highest BCUT2D eigenvalue weighted by Crippen LogP contribution is 2.27. The summed E-state index contributed by atoms with van der Waals surface area (Å²) in [6.07, 6.45) is 3.93. The van der Waals surface area contributed by atoms with Crippen LogP contribution in [0.1, 0.15) is 84.2 Å². The van der Waals surface area contributed by atoms with Crippen LogP contribution in [0.3, 0.4) is 0 Å². The quantitative estimate of drug-likeness (QED) is 0.177. The van der Waals surface area contributed by atoms with E-state index in [0.29, 0.717) is 31.6 Å². The van der Waals surface area contributed by atoms with Crippen molar-refractivity contribution in [3.63, 3.8) is 0 Å². The number of amides is 4. The molecule has 5 rings (SSSR count). The minimum absolute atomic E-state index is 0.101. The summed E-state index contributed by atoms with van der Waals surface area (Å²) in [5, 5.41) is 11.0. The van der Waals surface area contributed by atoms with Crippen LogP contribution in [-0.4, -0.2) is 68.5 Å². The molecule has 11 nitrogen and oxygen atoms in total. The Balaban J connectivity index is 1.31. The van der Waals surface area contributed by atoms with Gasteiger partial charge in [-0.25, -0.2) is 9.78 Å². The molecule has 4 atom stereocenters. The van der Waals surface area contributed by atoms with E-state index in [1.54, 1.807) is 27.1 Å². The van der Waals surface area contributed by atoms with Gasteiger partial charge in [0, 0.05) is 25.7 Å². The lowest BCUT2D eigenvalue weighted by atomic mass is 9.85. The summed E-state index contributed by atoms with van der Waals surface area (Å²) in [6, 6.07) is 20.9. The molecule has 11 heteroatoms. The van der Waals surface area contributed by atoms with Crippen LogP contribution in [-0.2, 0) is 32.1 Å². The van der Waals surface area contributed by atoms with Crippen molar-refractivity contribution in [2.24, 2.45) is 5.41 Å². The van der Waals surface area contributed by atoms with Gasteiger partial charge in [0.2, 0.25) is 17.7 Å². The van der Waals surface area contributed by atoms with E-state index in [9.17, 15) is 19.2 Å². The van der Waals surface area contributed by atoms with Crippen LogP contribution in [0, 0.1) is 5.41 Å². The molecule has 0 aliphatic carbocycles. The topological polar surface area (TPSA) is 135 Å². The normalized spacial score (nSPS) is 16.5. The fourth-order valence-electron chi connectivity index (χ4n) is 6.67. The highest BCUT2D eigenvalue weighted by molar-refractivity contribution is 5.95. The molecule has 0 bridgehead atoms. The van der Waals surface area contributed by atoms with Crippen molar-refractivity contribution in [1.29, 1.82) is 0 Å². The number of hydrogen-bond acceptors (Lipinski definition) is 6. The second kappa shape index (κ2) is 16.0. The largest absolute Gasteiger partial charge is 0.444 e. The molecule has 2 heterocycles. The maximum Gasteiger partial charge on any atom is 0.408 e. The third-order valence-corrected chi connectivity index (χ3v) is 9.20. The van der Waals surface area contributed by atoms with Crippen molar-refractivity contribution in [3.8, 4) is 0 Å². The van der Waals surface area contributed by atoms with Gasteiger partial charge in [-0.15, -0.1) is 0 Å². The van der Waals surface area contributed by atoms with Crippen molar-refractivity contribution in [2.75, 3.05) is 6.54 Å². The van der Waals surface area contributed by atoms with Crippen LogP contribution in [0.4, 0.5) is 4.79 Å². The minimum Gasteiger partial charge on any atom is -0.444 e. The van der Waals surface area contributed by atoms with Crippen LogP contribution in [0.15, 0.2) is 85.3 Å². The van der Waals surface area contributed by atoms with Crippen molar-refractivity contribution in [1.82, 2.24) is 30.4 Å². The molecule has 0 saturated carbocycles. The highest BCUT2D eigenvalue weighted by Gasteiger charge is 2.41. The molecule has 0 unspecified atom stereocenters. The standard InChI is InChI=1S/C41H52N6O5/c1-27(31-20-13-18-29-17-11-12-19-32(29)31)43-37(49)35(40(2,3)4)45-36(48)34-21-14-22-47(34)38(50)33(44-39(51)52-41(5,6)7)23-30-25-46(26-42-30)24-28-15-9-8-10-16-28/h8-13,15-20,25-27,33-35H,14,21-24H2,1-7H3,(H,43,49)(H,44,51)(H,45,48)/t27-,33-,34-,35+/m0/s1. The number of carbonyl (C=O) groups excluding carboxylic acids is 4. The number of imidazole rings is 1. The van der Waals surface area contributed by atoms with E-state index in [4.69, 9.17) is 4.74 Å². The van der Waals surface area contributed by atoms with E-state index in [1.807, 2.05) is 111 Å². The summed E-state index contributed by atoms with van der Waals surface area (Å²) >= 11 is 0. The molecule has 4 amide bonds. The summed E-state index contributed by atoms with van der Waals surface area (Å²) in [4.78, 5) is 61.1. The number of benzene rings is 3. The first kappa shape index (κ1) is 38.1. The third-order valence-electron chi connectivity index (χ3n) is 9.20. The lowest BCUT2D eigenvalue weighted by Crippen LogP contribution is -2.59. The minimum atomic E-state index is -1.04. The lowest BCUT2D eigenvalue weighted by Gasteiger charge is -2.34. The van der Waals surface area contributed by atoms with Gasteiger partial charge in [0.1, 0.15) is 23.7 Å². The number of likely N-dealkylation sites (tertiary alicyclic amines) is 1. The second-order valence-corrected chi connectivity index (χ2v) is 15.7. The number of ether oxygens (including phenoxy) is 1. The van der Waals surface area contributed by atoms with E-state index in [-0.39, 0.29) is 18.4 Å². The first-order chi connectivity index (χ1) is 24.6. The van der Waals surface area contributed by atoms with Crippen LogP contribution in [0.5, 0.6) is 0 Å². The molecule has 1 aliphatic heterocycles. The Kier molecular flexibility index (Phi) is 11.7. The number of aromatic nitrogens is 2. The van der Waals surface area contributed by atoms with Gasteiger partial charge in [0.05, 0.1) is 18.1 Å². The number of rotatable bonds is 11. The zero-order chi connectivity index (χ0) is 37.6. The Bertz CT molecular complexity index is 1870. The van der Waals surface area contributed by atoms with Crippen molar-refractivity contribution in [3.05, 3.63) is 102 Å². The molecule has 1 saturated heterocycles. The molecule has 52 heavy (non-hydrogen) atoms. The fourth-order valence-corrected chi connectivity index (χ4v) is 6.67. The SMILES string of the molecule is C[C@H](NC(=O)[C@@H](NC(=O)[C@@H]1CCCN1C(=O)[C@H](Cc1cn(Cc2ccccc2)cn1)NC(=O)OC(C)(C)C)C(C)(C)C)c1cccc2ccccc12. The number of fused-ring (bicyclic) bond motifs is 1. The summed E-state index contributed by atoms with van der Waals surface area (Å²) in [5.74, 6) is -1.14. The van der Waals surface area contributed by atoms with Crippen molar-refractivity contribution >= 4 is 34.6 Å². The maximum absolute atomic E-state index is 14.3. The first-order valence-corrected chi connectivity index (χ1v) is 18.0. The number of nitrogens with zero attached hydrogens (tertiary/aromatic N) is 3. The average Bonchev–Trinajstić information content (AvgIpc) is 3.75. The van der Waals surface area contributed by atoms with Gasteiger partial charge in [-0.3, -0.25) is 14.4 Å². The van der Waals surface area contributed by atoms with Gasteiger partial charge in [-0.1, -0.05) is 93.6 Å². The molecule has 3 aromatic carbocycles. The molecule has 4 aromatic rings. The molecule has 3 N–H and O–H groups in total. The molecule has 1 fully saturated rings. The second-order valence-electron chi connectivity index (χ2n) is 15.7. The van der Waals surface area contributed by atoms with E-state index < -0.39 is 47.0 Å². The van der Waals surface area contributed by atoms with Crippen LogP contribution >= 0.6 is 0 Å². The van der Waals surface area contributed by atoms with Crippen LogP contribution in [0.25, 0.3) is 10.8 Å². The Labute approximate surface area is 306 Å². The molecule has 1 aliphatic rings. The molecule has 276 valence electrons. The van der Waals surface area contributed by atoms with E-state index in [1.165, 1.54) is 4.90 Å². The van der Waals surface area contributed by atoms with Crippen LogP contribution < -0.4 is 16.0 Å². The Morgan fingerprint density at radius 3 is 2.29 bits per heavy atom. The molecular weight excluding hydrogens is 656 g/mol. The van der Waals surface area contributed by atoms with Gasteiger partial charge in [-0.2, -0.15) is 0 Å². The smallest absolute Gasteiger partial charge is 0.408 e. The fraction of sp³-hybridized carbons (Fsp3) is 0.439. The van der Waals surface area contributed by atoms with E-state index in [0.717, 1.165) is 21.9 Å². The van der Waals surface area contributed by atoms with Crippen molar-refractivity contribution in [2.45, 2.75) is 104 Å². The van der Waals surface area contributed by atoms with E-state index in [2.05, 4.69) is 20.9 Å². The van der Waals surface area contributed by atoms with Crippen LogP contribution in [0.2, 0.25) is 0 Å². The summed E-state index contributed by atoms with van der Waals surface area (Å²) in [5.41, 5.74) is 1.27. The zero-order valence-electron chi connectivity index (χ0n) is 31.3. The lowest BCUT2D eigenvalue weighted by molar-refractivity contribution is -0.141. The summed E-state index contributed by atoms with van der Waals surface area (Å²) in [7, 11) is 0. The molecule has 0 radical (unpaired) electrons. The Morgan fingerprint density at radius 1 is 0.885 bits per heavy atom. The van der Waals surface area contributed by atoms with Gasteiger partial charge in [0.25, 0.3) is 0 Å². The number of carbonyl (C=O) groups is 4. The number of nitrogens with one attached hydrogen (secondary N) is 3. The van der Waals surface area contributed by atoms with Gasteiger partial charge in [0.15, 0.2) is 0 Å². The van der Waals surface area contributed by atoms with Gasteiger partial charge in [-0.05, 0) is 67.9 Å². The monoisotopic (exact) mass is 708 g/mol. The number of alkyl carbamates (subject to hydrolysis) is 1. The van der Waals surface area contributed by atoms with E-state index >= 15 is 0 Å². The Morgan fingerprint density at radius 2 is 1.58 bits per heavy atom. The highest BCUT2D eigenvalue weighted by atomic mass is 16.6. The predicted octanol–water partition coefficient (Wildman–Crippen LogP) is 5.92. The third kappa shape index (κ3) is 9.77. The zero-order valence-corrected chi connectivity index (χ0v) is 31.3. The molecular formula is C41H52N6O5. The predicted molar refractivity (Wildman–Crippen MR) is 201 cm³/mol. The summed E-state index contributed by atoms with van der Waals surface area (Å²) in [6.45, 7) is 13.8. The van der Waals surface area contributed by atoms with Gasteiger partial charge >= 0.3 is 6.09 Å². The Hall–Kier alpha value is -5.19. The van der Waals surface area contributed by atoms with Crippen molar-refractivity contribution < 1.29 is 23.9 Å². The average molecular weight is 709 g/mol. The number of hydrogen-bond donors (Lipinski definition) is 3. The summed E-state index contributed by atoms with van der Waals surface area (Å²) < 4.78 is 7.43. The maximum atomic E-state index is 14.3. The molecule has 0 spiro atoms. The molecule has 1 aromatic heterocycles.